The Bertz CT molecular complexity index is 1370. The quantitative estimate of drug-likeness (QED) is 0.354. The van der Waals surface area contributed by atoms with Gasteiger partial charge in [-0.2, -0.15) is 0 Å². The predicted molar refractivity (Wildman–Crippen MR) is 139 cm³/mol. The van der Waals surface area contributed by atoms with E-state index in [-0.39, 0.29) is 17.7 Å². The molecule has 5 rings (SSSR count). The van der Waals surface area contributed by atoms with Crippen LogP contribution < -0.4 is 5.32 Å². The van der Waals surface area contributed by atoms with E-state index in [1.54, 1.807) is 19.2 Å². The fourth-order valence-corrected chi connectivity index (χ4v) is 4.97. The molecule has 1 aliphatic rings. The molecule has 1 atom stereocenters. The third kappa shape index (κ3) is 5.78. The lowest BCUT2D eigenvalue weighted by Crippen LogP contribution is -2.32. The molecule has 9 heteroatoms. The van der Waals surface area contributed by atoms with E-state index in [0.717, 1.165) is 67.4 Å². The van der Waals surface area contributed by atoms with Gasteiger partial charge in [-0.3, -0.25) is 9.69 Å². The fourth-order valence-electron chi connectivity index (χ4n) is 4.97. The summed E-state index contributed by atoms with van der Waals surface area (Å²) in [7, 11) is 1.59. The summed E-state index contributed by atoms with van der Waals surface area (Å²) in [6, 6.07) is 11.6. The number of nitrogens with one attached hydrogen (secondary N) is 1. The van der Waals surface area contributed by atoms with Crippen molar-refractivity contribution in [2.24, 2.45) is 5.92 Å². The fraction of sp³-hybridized carbons (Fsp3) is 0.464. The van der Waals surface area contributed by atoms with Gasteiger partial charge in [-0.15, -0.1) is 10.2 Å². The van der Waals surface area contributed by atoms with E-state index >= 15 is 0 Å². The van der Waals surface area contributed by atoms with Crippen LogP contribution in [0.25, 0.3) is 11.0 Å². The third-order valence-corrected chi connectivity index (χ3v) is 6.75. The molecular weight excluding hydrogens is 470 g/mol. The van der Waals surface area contributed by atoms with Crippen LogP contribution in [0.3, 0.4) is 0 Å². The number of hydrogen-bond acceptors (Lipinski definition) is 7. The zero-order chi connectivity index (χ0) is 25.9. The highest BCUT2D eigenvalue weighted by molar-refractivity contribution is 5.91. The highest BCUT2D eigenvalue weighted by Gasteiger charge is 2.27. The van der Waals surface area contributed by atoms with Gasteiger partial charge in [0.15, 0.2) is 11.6 Å². The van der Waals surface area contributed by atoms with Crippen LogP contribution in [0, 0.1) is 12.8 Å². The molecule has 4 heterocycles. The number of benzene rings is 1. The molecule has 0 saturated heterocycles. The highest BCUT2D eigenvalue weighted by Crippen LogP contribution is 2.25. The Balaban J connectivity index is 1.29. The van der Waals surface area contributed by atoms with Gasteiger partial charge < -0.3 is 23.5 Å². The Morgan fingerprint density at radius 1 is 1.08 bits per heavy atom. The van der Waals surface area contributed by atoms with Crippen molar-refractivity contribution in [1.29, 1.82) is 0 Å². The minimum Gasteiger partial charge on any atom is -0.460 e. The first-order chi connectivity index (χ1) is 17.9. The summed E-state index contributed by atoms with van der Waals surface area (Å²) in [5.74, 6) is 3.68. The molecule has 37 heavy (non-hydrogen) atoms. The number of nitrogens with zero attached hydrogens (tertiary/aromatic N) is 4. The molecule has 4 aromatic rings. The largest absolute Gasteiger partial charge is 0.460 e. The van der Waals surface area contributed by atoms with Gasteiger partial charge in [-0.25, -0.2) is 0 Å². The van der Waals surface area contributed by atoms with Crippen LogP contribution >= 0.6 is 0 Å². The van der Waals surface area contributed by atoms with Crippen LogP contribution in [0.2, 0.25) is 0 Å². The summed E-state index contributed by atoms with van der Waals surface area (Å²) < 4.78 is 19.0. The van der Waals surface area contributed by atoms with Crippen molar-refractivity contribution < 1.29 is 18.4 Å². The number of methoxy groups -OCH3 is 1. The highest BCUT2D eigenvalue weighted by atomic mass is 16.5. The third-order valence-electron chi connectivity index (χ3n) is 6.75. The maximum atomic E-state index is 13.0. The number of hydrogen-bond donors (Lipinski definition) is 1. The number of amides is 1. The number of fused-ring (bicyclic) bond motifs is 2. The Labute approximate surface area is 216 Å². The van der Waals surface area contributed by atoms with Gasteiger partial charge >= 0.3 is 0 Å². The van der Waals surface area contributed by atoms with Crippen LogP contribution in [-0.2, 0) is 30.9 Å². The molecule has 0 spiro atoms. The standard InChI is InChI=1S/C28H35N5O4/c1-18(2)13-23(29-28(34)25-8-6-21(36-25)17-35-4)27-31-30-26-9-10-32(11-12-33(26)27)16-22-15-20-14-19(3)5-7-24(20)37-22/h5-8,14-15,18,23H,9-13,16-17H2,1-4H3,(H,29,34). The molecular formula is C28H35N5O4. The summed E-state index contributed by atoms with van der Waals surface area (Å²) in [6.07, 6.45) is 1.53. The molecule has 0 aliphatic carbocycles. The maximum Gasteiger partial charge on any atom is 0.287 e. The first kappa shape index (κ1) is 25.2. The van der Waals surface area contributed by atoms with E-state index in [2.05, 4.69) is 64.0 Å². The van der Waals surface area contributed by atoms with E-state index < -0.39 is 0 Å². The van der Waals surface area contributed by atoms with Crippen molar-refractivity contribution in [3.05, 3.63) is 70.9 Å². The second-order valence-electron chi connectivity index (χ2n) is 10.3. The lowest BCUT2D eigenvalue weighted by molar-refractivity contribution is 0.0892. The first-order valence-electron chi connectivity index (χ1n) is 12.9. The molecule has 1 aliphatic heterocycles. The van der Waals surface area contributed by atoms with Gasteiger partial charge in [-0.05, 0) is 49.6 Å². The summed E-state index contributed by atoms with van der Waals surface area (Å²) in [4.78, 5) is 15.4. The second-order valence-corrected chi connectivity index (χ2v) is 10.3. The van der Waals surface area contributed by atoms with E-state index in [1.165, 1.54) is 5.56 Å². The molecule has 0 fully saturated rings. The van der Waals surface area contributed by atoms with Crippen molar-refractivity contribution in [3.8, 4) is 0 Å². The first-order valence-corrected chi connectivity index (χ1v) is 12.9. The van der Waals surface area contributed by atoms with Crippen LogP contribution in [0.1, 0.15) is 65.6 Å². The lowest BCUT2D eigenvalue weighted by atomic mass is 10.0. The molecule has 3 aromatic heterocycles. The number of ether oxygens (including phenoxy) is 1. The zero-order valence-electron chi connectivity index (χ0n) is 22.0. The molecule has 0 radical (unpaired) electrons. The molecule has 1 amide bonds. The summed E-state index contributed by atoms with van der Waals surface area (Å²) in [6.45, 7) is 9.90. The number of rotatable bonds is 9. The summed E-state index contributed by atoms with van der Waals surface area (Å²) in [5, 5.41) is 13.3. The second kappa shape index (κ2) is 10.9. The van der Waals surface area contributed by atoms with E-state index in [0.29, 0.717) is 18.3 Å². The number of aromatic nitrogens is 3. The van der Waals surface area contributed by atoms with Gasteiger partial charge in [-0.1, -0.05) is 25.5 Å². The van der Waals surface area contributed by atoms with Crippen LogP contribution in [0.4, 0.5) is 0 Å². The van der Waals surface area contributed by atoms with E-state index in [4.69, 9.17) is 13.6 Å². The van der Waals surface area contributed by atoms with Gasteiger partial charge in [0.1, 0.15) is 29.5 Å². The molecule has 0 saturated carbocycles. The van der Waals surface area contributed by atoms with Crippen molar-refractivity contribution in [2.45, 2.75) is 59.4 Å². The minimum atomic E-state index is -0.269. The Morgan fingerprint density at radius 3 is 2.76 bits per heavy atom. The topological polar surface area (TPSA) is 98.6 Å². The normalized spacial score (nSPS) is 15.2. The predicted octanol–water partition coefficient (Wildman–Crippen LogP) is 4.65. The van der Waals surface area contributed by atoms with Crippen LogP contribution in [0.5, 0.6) is 0 Å². The molecule has 1 aromatic carbocycles. The van der Waals surface area contributed by atoms with Gasteiger partial charge in [0.05, 0.1) is 12.6 Å². The molecule has 9 nitrogen and oxygen atoms in total. The van der Waals surface area contributed by atoms with E-state index in [1.807, 2.05) is 6.07 Å². The van der Waals surface area contributed by atoms with Crippen LogP contribution in [-0.4, -0.2) is 45.8 Å². The average Bonchev–Trinajstić information content (AvgIpc) is 3.55. The molecule has 1 N–H and O–H groups in total. The number of furan rings is 2. The van der Waals surface area contributed by atoms with Crippen LogP contribution in [0.15, 0.2) is 45.2 Å². The Morgan fingerprint density at radius 2 is 1.95 bits per heavy atom. The number of carbonyl (C=O) groups is 1. The van der Waals surface area contributed by atoms with Gasteiger partial charge in [0.25, 0.3) is 5.91 Å². The van der Waals surface area contributed by atoms with Crippen molar-refractivity contribution in [1.82, 2.24) is 25.0 Å². The minimum absolute atomic E-state index is 0.263. The van der Waals surface area contributed by atoms with Gasteiger partial charge in [0, 0.05) is 38.6 Å². The van der Waals surface area contributed by atoms with Gasteiger partial charge in [0.2, 0.25) is 0 Å². The molecule has 1 unspecified atom stereocenters. The summed E-state index contributed by atoms with van der Waals surface area (Å²) >= 11 is 0. The maximum absolute atomic E-state index is 13.0. The number of aryl methyl sites for hydroxylation is 1. The van der Waals surface area contributed by atoms with Crippen molar-refractivity contribution in [2.75, 3.05) is 20.2 Å². The molecule has 196 valence electrons. The smallest absolute Gasteiger partial charge is 0.287 e. The summed E-state index contributed by atoms with van der Waals surface area (Å²) in [5.41, 5.74) is 2.15. The molecule has 0 bridgehead atoms. The van der Waals surface area contributed by atoms with Crippen molar-refractivity contribution in [3.63, 3.8) is 0 Å². The average molecular weight is 506 g/mol. The zero-order valence-corrected chi connectivity index (χ0v) is 22.0. The lowest BCUT2D eigenvalue weighted by Gasteiger charge is -2.21. The Hall–Kier alpha value is -3.43. The SMILES string of the molecule is COCc1ccc(C(=O)NC(CC(C)C)c2nnc3n2CCN(Cc2cc4cc(C)ccc4o2)CC3)o1. The van der Waals surface area contributed by atoms with Crippen molar-refractivity contribution >= 4 is 16.9 Å². The van der Waals surface area contributed by atoms with E-state index in [9.17, 15) is 4.79 Å². The monoisotopic (exact) mass is 505 g/mol. The number of carbonyl (C=O) groups excluding carboxylic acids is 1. The Kier molecular flexibility index (Phi) is 7.43.